The van der Waals surface area contributed by atoms with E-state index in [0.29, 0.717) is 6.10 Å². The van der Waals surface area contributed by atoms with Crippen LogP contribution in [0.25, 0.3) is 0 Å². The van der Waals surface area contributed by atoms with Crippen molar-refractivity contribution in [3.63, 3.8) is 0 Å². The summed E-state index contributed by atoms with van der Waals surface area (Å²) in [5.41, 5.74) is 1.22. The number of likely N-dealkylation sites (tertiary alicyclic amines) is 1. The van der Waals surface area contributed by atoms with Gasteiger partial charge in [-0.25, -0.2) is 0 Å². The van der Waals surface area contributed by atoms with Crippen LogP contribution in [-0.2, 0) is 11.8 Å². The van der Waals surface area contributed by atoms with Crippen molar-refractivity contribution in [2.24, 2.45) is 18.0 Å². The molecule has 0 spiro atoms. The molecule has 166 valence electrons. The third kappa shape index (κ3) is 7.10. The summed E-state index contributed by atoms with van der Waals surface area (Å²) in [4.78, 5) is 9.12. The van der Waals surface area contributed by atoms with Crippen LogP contribution in [0, 0.1) is 5.92 Å². The Morgan fingerprint density at radius 2 is 1.97 bits per heavy atom. The van der Waals surface area contributed by atoms with Crippen LogP contribution in [0.5, 0.6) is 0 Å². The Balaban J connectivity index is 0.00000300. The normalized spacial score (nSPS) is 20.2. The highest BCUT2D eigenvalue weighted by Crippen LogP contribution is 2.26. The number of nitrogens with zero attached hydrogens (tertiary/aromatic N) is 5. The first-order valence-corrected chi connectivity index (χ1v) is 10.8. The van der Waals surface area contributed by atoms with Crippen LogP contribution in [0.4, 0.5) is 0 Å². The molecule has 1 atom stereocenters. The lowest BCUT2D eigenvalue weighted by Crippen LogP contribution is -2.48. The Morgan fingerprint density at radius 1 is 1.28 bits per heavy atom. The van der Waals surface area contributed by atoms with E-state index in [2.05, 4.69) is 45.5 Å². The molecule has 2 heterocycles. The van der Waals surface area contributed by atoms with Gasteiger partial charge in [-0.05, 0) is 45.7 Å². The molecule has 0 aromatic carbocycles. The summed E-state index contributed by atoms with van der Waals surface area (Å²) in [7, 11) is 8.05. The van der Waals surface area contributed by atoms with Crippen molar-refractivity contribution >= 4 is 29.9 Å². The minimum Gasteiger partial charge on any atom is -0.378 e. The van der Waals surface area contributed by atoms with Gasteiger partial charge in [-0.3, -0.25) is 9.67 Å². The fourth-order valence-corrected chi connectivity index (χ4v) is 4.41. The molecule has 1 saturated carbocycles. The first kappa shape index (κ1) is 24.4. The molecule has 1 aliphatic heterocycles. The standard InChI is InChI=1S/C21H38N6O.HI/c1-22-21(23-14-20(25(2)3)18-13-24-26(4)15-18)27-11-9-19(10-12-27)28-16-17-7-5-6-8-17;/h13,15,17,19-20H,5-12,14,16H2,1-4H3,(H,22,23);1H. The number of hydrogen-bond donors (Lipinski definition) is 1. The largest absolute Gasteiger partial charge is 0.378 e. The number of nitrogens with one attached hydrogen (secondary N) is 1. The van der Waals surface area contributed by atoms with E-state index in [9.17, 15) is 0 Å². The average molecular weight is 518 g/mol. The van der Waals surface area contributed by atoms with Gasteiger partial charge in [0.1, 0.15) is 0 Å². The first-order valence-electron chi connectivity index (χ1n) is 10.8. The number of guanidine groups is 1. The number of rotatable bonds is 7. The minimum atomic E-state index is 0. The summed E-state index contributed by atoms with van der Waals surface area (Å²) >= 11 is 0. The number of piperidine rings is 1. The lowest BCUT2D eigenvalue weighted by molar-refractivity contribution is 0.000985. The molecule has 29 heavy (non-hydrogen) atoms. The number of aromatic nitrogens is 2. The average Bonchev–Trinajstić information content (AvgIpc) is 3.36. The molecular weight excluding hydrogens is 479 g/mol. The third-order valence-electron chi connectivity index (χ3n) is 6.18. The molecular formula is C21H39IN6O. The van der Waals surface area contributed by atoms with Crippen molar-refractivity contribution in [1.29, 1.82) is 0 Å². The smallest absolute Gasteiger partial charge is 0.193 e. The van der Waals surface area contributed by atoms with E-state index >= 15 is 0 Å². The molecule has 2 fully saturated rings. The van der Waals surface area contributed by atoms with Crippen molar-refractivity contribution in [2.75, 3.05) is 47.4 Å². The molecule has 0 radical (unpaired) electrons. The molecule has 1 aromatic rings. The second-order valence-electron chi connectivity index (χ2n) is 8.53. The quantitative estimate of drug-likeness (QED) is 0.342. The monoisotopic (exact) mass is 518 g/mol. The first-order chi connectivity index (χ1) is 13.6. The van der Waals surface area contributed by atoms with Crippen LogP contribution < -0.4 is 5.32 Å². The molecule has 1 N–H and O–H groups in total. The van der Waals surface area contributed by atoms with Crippen molar-refractivity contribution in [3.8, 4) is 0 Å². The van der Waals surface area contributed by atoms with Gasteiger partial charge < -0.3 is 19.9 Å². The Kier molecular flexibility index (Phi) is 10.2. The van der Waals surface area contributed by atoms with E-state index in [4.69, 9.17) is 4.74 Å². The van der Waals surface area contributed by atoms with Crippen LogP contribution >= 0.6 is 24.0 Å². The molecule has 3 rings (SSSR count). The Bertz CT molecular complexity index is 620. The lowest BCUT2D eigenvalue weighted by Gasteiger charge is -2.35. The van der Waals surface area contributed by atoms with Crippen LogP contribution in [-0.4, -0.2) is 79.0 Å². The van der Waals surface area contributed by atoms with Gasteiger partial charge in [-0.15, -0.1) is 24.0 Å². The van der Waals surface area contributed by atoms with E-state index in [1.165, 1.54) is 31.2 Å². The highest BCUT2D eigenvalue weighted by Gasteiger charge is 2.25. The second kappa shape index (κ2) is 12.1. The van der Waals surface area contributed by atoms with Crippen molar-refractivity contribution in [3.05, 3.63) is 18.0 Å². The molecule has 0 amide bonds. The van der Waals surface area contributed by atoms with Gasteiger partial charge in [0, 0.05) is 52.1 Å². The zero-order chi connectivity index (χ0) is 19.9. The summed E-state index contributed by atoms with van der Waals surface area (Å²) in [6.07, 6.45) is 12.1. The SMILES string of the molecule is CN=C(NCC(c1cnn(C)c1)N(C)C)N1CCC(OCC2CCCC2)CC1.I. The van der Waals surface area contributed by atoms with Gasteiger partial charge in [0.25, 0.3) is 0 Å². The fraction of sp³-hybridized carbons (Fsp3) is 0.810. The molecule has 1 unspecified atom stereocenters. The summed E-state index contributed by atoms with van der Waals surface area (Å²) in [6.45, 7) is 3.79. The molecule has 1 aliphatic carbocycles. The van der Waals surface area contributed by atoms with Crippen LogP contribution in [0.2, 0.25) is 0 Å². The maximum Gasteiger partial charge on any atom is 0.193 e. The minimum absolute atomic E-state index is 0. The number of halogens is 1. The maximum absolute atomic E-state index is 6.22. The third-order valence-corrected chi connectivity index (χ3v) is 6.18. The predicted molar refractivity (Wildman–Crippen MR) is 129 cm³/mol. The molecule has 1 saturated heterocycles. The highest BCUT2D eigenvalue weighted by molar-refractivity contribution is 14.0. The molecule has 1 aromatic heterocycles. The Hall–Kier alpha value is -0.870. The molecule has 0 bridgehead atoms. The van der Waals surface area contributed by atoms with Crippen LogP contribution in [0.3, 0.4) is 0 Å². The van der Waals surface area contributed by atoms with Crippen LogP contribution in [0.15, 0.2) is 17.4 Å². The number of ether oxygens (including phenoxy) is 1. The van der Waals surface area contributed by atoms with E-state index in [-0.39, 0.29) is 30.0 Å². The van der Waals surface area contributed by atoms with Crippen molar-refractivity contribution in [2.45, 2.75) is 50.7 Å². The van der Waals surface area contributed by atoms with Gasteiger partial charge in [0.2, 0.25) is 0 Å². The Morgan fingerprint density at radius 3 is 2.52 bits per heavy atom. The second-order valence-corrected chi connectivity index (χ2v) is 8.53. The zero-order valence-corrected chi connectivity index (χ0v) is 20.8. The fourth-order valence-electron chi connectivity index (χ4n) is 4.41. The molecule has 2 aliphatic rings. The maximum atomic E-state index is 6.22. The summed E-state index contributed by atoms with van der Waals surface area (Å²) in [6, 6.07) is 0.262. The number of hydrogen-bond acceptors (Lipinski definition) is 4. The van der Waals surface area contributed by atoms with Crippen molar-refractivity contribution in [1.82, 2.24) is 24.9 Å². The molecule has 7 nitrogen and oxygen atoms in total. The van der Waals surface area contributed by atoms with Crippen molar-refractivity contribution < 1.29 is 4.74 Å². The highest BCUT2D eigenvalue weighted by atomic mass is 127. The van der Waals surface area contributed by atoms with Gasteiger partial charge >= 0.3 is 0 Å². The van der Waals surface area contributed by atoms with E-state index in [0.717, 1.165) is 51.0 Å². The van der Waals surface area contributed by atoms with E-state index < -0.39 is 0 Å². The number of aliphatic imine (C=N–C) groups is 1. The summed E-state index contributed by atoms with van der Waals surface area (Å²) in [5, 5.41) is 7.90. The molecule has 8 heteroatoms. The van der Waals surface area contributed by atoms with E-state index in [1.807, 2.05) is 25.0 Å². The zero-order valence-electron chi connectivity index (χ0n) is 18.5. The number of aryl methyl sites for hydroxylation is 1. The Labute approximate surface area is 193 Å². The van der Waals surface area contributed by atoms with Crippen LogP contribution in [0.1, 0.15) is 50.1 Å². The lowest BCUT2D eigenvalue weighted by atomic mass is 10.1. The van der Waals surface area contributed by atoms with E-state index in [1.54, 1.807) is 0 Å². The van der Waals surface area contributed by atoms with Gasteiger partial charge in [-0.2, -0.15) is 5.10 Å². The van der Waals surface area contributed by atoms with Gasteiger partial charge in [0.15, 0.2) is 5.96 Å². The number of likely N-dealkylation sites (N-methyl/N-ethyl adjacent to an activating group) is 1. The summed E-state index contributed by atoms with van der Waals surface area (Å²) < 4.78 is 8.07. The van der Waals surface area contributed by atoms with Gasteiger partial charge in [-0.1, -0.05) is 12.8 Å². The topological polar surface area (TPSA) is 57.9 Å². The predicted octanol–water partition coefficient (Wildman–Crippen LogP) is 2.89. The summed E-state index contributed by atoms with van der Waals surface area (Å²) in [5.74, 6) is 1.80. The van der Waals surface area contributed by atoms with Gasteiger partial charge in [0.05, 0.1) is 18.3 Å².